The molecule has 0 aliphatic rings. The SMILES string of the molecule is CCc1ccc(CC(N)c2cn(C)nc2CC)nc1. The van der Waals surface area contributed by atoms with Crippen molar-refractivity contribution in [1.29, 1.82) is 0 Å². The number of nitrogens with zero attached hydrogens (tertiary/aromatic N) is 3. The first-order chi connectivity index (χ1) is 9.13. The number of nitrogens with two attached hydrogens (primary N) is 1. The molecule has 0 amide bonds. The summed E-state index contributed by atoms with van der Waals surface area (Å²) in [6.45, 7) is 4.23. The maximum atomic E-state index is 6.29. The van der Waals surface area contributed by atoms with Gasteiger partial charge in [-0.25, -0.2) is 0 Å². The topological polar surface area (TPSA) is 56.7 Å². The molecule has 1 atom stereocenters. The van der Waals surface area contributed by atoms with E-state index in [1.807, 2.05) is 24.1 Å². The lowest BCUT2D eigenvalue weighted by Crippen LogP contribution is -2.15. The van der Waals surface area contributed by atoms with Gasteiger partial charge in [0.2, 0.25) is 0 Å². The predicted octanol–water partition coefficient (Wildman–Crippen LogP) is 2.18. The van der Waals surface area contributed by atoms with Crippen LogP contribution in [0.3, 0.4) is 0 Å². The Hall–Kier alpha value is -1.68. The van der Waals surface area contributed by atoms with Crippen molar-refractivity contribution < 1.29 is 0 Å². The molecular weight excluding hydrogens is 236 g/mol. The largest absolute Gasteiger partial charge is 0.324 e. The van der Waals surface area contributed by atoms with Crippen LogP contribution < -0.4 is 5.73 Å². The predicted molar refractivity (Wildman–Crippen MR) is 76.8 cm³/mol. The minimum Gasteiger partial charge on any atom is -0.324 e. The average molecular weight is 258 g/mol. The van der Waals surface area contributed by atoms with Gasteiger partial charge in [0.05, 0.1) is 5.69 Å². The van der Waals surface area contributed by atoms with E-state index in [9.17, 15) is 0 Å². The van der Waals surface area contributed by atoms with Crippen molar-refractivity contribution in [3.63, 3.8) is 0 Å². The van der Waals surface area contributed by atoms with E-state index in [2.05, 4.69) is 36.1 Å². The molecule has 0 aliphatic heterocycles. The summed E-state index contributed by atoms with van der Waals surface area (Å²) in [4.78, 5) is 4.47. The van der Waals surface area contributed by atoms with Gasteiger partial charge < -0.3 is 5.73 Å². The van der Waals surface area contributed by atoms with Gasteiger partial charge in [0, 0.05) is 43.2 Å². The second kappa shape index (κ2) is 5.97. The standard InChI is InChI=1S/C15H22N4/c1-4-11-6-7-12(17-9-11)8-14(16)13-10-19(3)18-15(13)5-2/h6-7,9-10,14H,4-5,8,16H2,1-3H3. The van der Waals surface area contributed by atoms with Crippen LogP contribution in [0.4, 0.5) is 0 Å². The molecule has 0 spiro atoms. The number of hydrogen-bond acceptors (Lipinski definition) is 3. The highest BCUT2D eigenvalue weighted by molar-refractivity contribution is 5.23. The molecule has 0 saturated heterocycles. The number of rotatable bonds is 5. The first-order valence-electron chi connectivity index (χ1n) is 6.85. The van der Waals surface area contributed by atoms with E-state index in [4.69, 9.17) is 5.73 Å². The monoisotopic (exact) mass is 258 g/mol. The lowest BCUT2D eigenvalue weighted by atomic mass is 10.0. The van der Waals surface area contributed by atoms with Gasteiger partial charge in [0.25, 0.3) is 0 Å². The van der Waals surface area contributed by atoms with Gasteiger partial charge in [-0.2, -0.15) is 5.10 Å². The normalized spacial score (nSPS) is 12.6. The quantitative estimate of drug-likeness (QED) is 0.894. The second-order valence-corrected chi connectivity index (χ2v) is 4.88. The van der Waals surface area contributed by atoms with Crippen LogP contribution in [0.2, 0.25) is 0 Å². The Morgan fingerprint density at radius 2 is 2.05 bits per heavy atom. The molecule has 0 saturated carbocycles. The molecule has 2 heterocycles. The van der Waals surface area contributed by atoms with Gasteiger partial charge in [-0.15, -0.1) is 0 Å². The highest BCUT2D eigenvalue weighted by Gasteiger charge is 2.14. The molecule has 2 rings (SSSR count). The van der Waals surface area contributed by atoms with Gasteiger partial charge in [-0.05, 0) is 24.5 Å². The van der Waals surface area contributed by atoms with Crippen molar-refractivity contribution in [1.82, 2.24) is 14.8 Å². The fraction of sp³-hybridized carbons (Fsp3) is 0.467. The Labute approximate surface area is 114 Å². The number of hydrogen-bond donors (Lipinski definition) is 1. The van der Waals surface area contributed by atoms with Crippen LogP contribution in [0.1, 0.15) is 42.4 Å². The number of aromatic nitrogens is 3. The summed E-state index contributed by atoms with van der Waals surface area (Å²) in [6, 6.07) is 4.16. The minimum absolute atomic E-state index is 0.0383. The Bertz CT molecular complexity index is 528. The third-order valence-corrected chi connectivity index (χ3v) is 3.40. The van der Waals surface area contributed by atoms with E-state index in [1.165, 1.54) is 5.56 Å². The fourth-order valence-electron chi connectivity index (χ4n) is 2.26. The van der Waals surface area contributed by atoms with E-state index in [0.717, 1.165) is 36.2 Å². The van der Waals surface area contributed by atoms with Crippen molar-refractivity contribution in [2.45, 2.75) is 39.2 Å². The number of aryl methyl sites for hydroxylation is 3. The van der Waals surface area contributed by atoms with E-state index in [-0.39, 0.29) is 6.04 Å². The van der Waals surface area contributed by atoms with Crippen LogP contribution in [-0.4, -0.2) is 14.8 Å². The van der Waals surface area contributed by atoms with Crippen LogP contribution in [0.15, 0.2) is 24.5 Å². The van der Waals surface area contributed by atoms with Crippen molar-refractivity contribution in [2.24, 2.45) is 12.8 Å². The Morgan fingerprint density at radius 3 is 2.63 bits per heavy atom. The molecular formula is C15H22N4. The Balaban J connectivity index is 2.12. The molecule has 0 bridgehead atoms. The molecule has 0 aliphatic carbocycles. The van der Waals surface area contributed by atoms with Crippen molar-refractivity contribution >= 4 is 0 Å². The third-order valence-electron chi connectivity index (χ3n) is 3.40. The van der Waals surface area contributed by atoms with Crippen molar-refractivity contribution in [3.05, 3.63) is 47.0 Å². The summed E-state index contributed by atoms with van der Waals surface area (Å²) in [7, 11) is 1.93. The fourth-order valence-corrected chi connectivity index (χ4v) is 2.26. The minimum atomic E-state index is -0.0383. The Kier molecular flexibility index (Phi) is 4.32. The maximum Gasteiger partial charge on any atom is 0.0669 e. The Morgan fingerprint density at radius 1 is 1.26 bits per heavy atom. The van der Waals surface area contributed by atoms with Crippen LogP contribution in [-0.2, 0) is 26.3 Å². The summed E-state index contributed by atoms with van der Waals surface area (Å²) in [6.07, 6.45) is 6.63. The van der Waals surface area contributed by atoms with Gasteiger partial charge in [-0.1, -0.05) is 19.9 Å². The van der Waals surface area contributed by atoms with Crippen LogP contribution in [0.25, 0.3) is 0 Å². The van der Waals surface area contributed by atoms with Crippen LogP contribution >= 0.6 is 0 Å². The zero-order valence-electron chi connectivity index (χ0n) is 11.9. The zero-order chi connectivity index (χ0) is 13.8. The summed E-state index contributed by atoms with van der Waals surface area (Å²) < 4.78 is 1.83. The molecule has 0 radical (unpaired) electrons. The molecule has 4 nitrogen and oxygen atoms in total. The smallest absolute Gasteiger partial charge is 0.0669 e. The van der Waals surface area contributed by atoms with Gasteiger partial charge in [0.15, 0.2) is 0 Å². The van der Waals surface area contributed by atoms with Gasteiger partial charge in [0.1, 0.15) is 0 Å². The molecule has 2 aromatic rings. The molecule has 2 N–H and O–H groups in total. The van der Waals surface area contributed by atoms with Crippen LogP contribution in [0, 0.1) is 0 Å². The highest BCUT2D eigenvalue weighted by atomic mass is 15.3. The summed E-state index contributed by atoms with van der Waals surface area (Å²) in [5.41, 5.74) is 10.8. The van der Waals surface area contributed by atoms with E-state index < -0.39 is 0 Å². The van der Waals surface area contributed by atoms with E-state index in [1.54, 1.807) is 0 Å². The van der Waals surface area contributed by atoms with E-state index in [0.29, 0.717) is 0 Å². The third kappa shape index (κ3) is 3.20. The van der Waals surface area contributed by atoms with Crippen molar-refractivity contribution in [2.75, 3.05) is 0 Å². The maximum absolute atomic E-state index is 6.29. The first kappa shape index (κ1) is 13.7. The zero-order valence-corrected chi connectivity index (χ0v) is 11.9. The summed E-state index contributed by atoms with van der Waals surface area (Å²) >= 11 is 0. The molecule has 102 valence electrons. The van der Waals surface area contributed by atoms with Crippen LogP contribution in [0.5, 0.6) is 0 Å². The lowest BCUT2D eigenvalue weighted by Gasteiger charge is -2.11. The molecule has 2 aromatic heterocycles. The number of pyridine rings is 1. The molecule has 1 unspecified atom stereocenters. The van der Waals surface area contributed by atoms with Crippen molar-refractivity contribution in [3.8, 4) is 0 Å². The summed E-state index contributed by atoms with van der Waals surface area (Å²) in [5.74, 6) is 0. The molecule has 4 heteroatoms. The average Bonchev–Trinajstić information content (AvgIpc) is 2.81. The molecule has 0 fully saturated rings. The first-order valence-corrected chi connectivity index (χ1v) is 6.85. The van der Waals surface area contributed by atoms with Gasteiger partial charge >= 0.3 is 0 Å². The lowest BCUT2D eigenvalue weighted by molar-refractivity contribution is 0.696. The van der Waals surface area contributed by atoms with Gasteiger partial charge in [-0.3, -0.25) is 9.67 Å². The highest BCUT2D eigenvalue weighted by Crippen LogP contribution is 2.19. The second-order valence-electron chi connectivity index (χ2n) is 4.88. The molecule has 19 heavy (non-hydrogen) atoms. The molecule has 0 aromatic carbocycles. The van der Waals surface area contributed by atoms with E-state index >= 15 is 0 Å². The summed E-state index contributed by atoms with van der Waals surface area (Å²) in [5, 5.41) is 4.44.